The average molecular weight is 309 g/mol. The molecule has 3 rings (SSSR count). The molecule has 0 saturated heterocycles. The van der Waals surface area contributed by atoms with Crippen molar-refractivity contribution in [1.29, 1.82) is 0 Å². The zero-order valence-corrected chi connectivity index (χ0v) is 13.0. The molecule has 0 saturated carbocycles. The summed E-state index contributed by atoms with van der Waals surface area (Å²) in [6.07, 6.45) is 6.34. The van der Waals surface area contributed by atoms with Crippen LogP contribution in [0.3, 0.4) is 0 Å². The fourth-order valence-corrected chi connectivity index (χ4v) is 2.40. The molecule has 2 heterocycles. The molecular weight excluding hydrogens is 290 g/mol. The van der Waals surface area contributed by atoms with Crippen molar-refractivity contribution in [2.75, 3.05) is 5.32 Å². The molecule has 0 radical (unpaired) electrons. The van der Waals surface area contributed by atoms with Gasteiger partial charge >= 0.3 is 0 Å². The molecule has 0 aliphatic rings. The van der Waals surface area contributed by atoms with Gasteiger partial charge in [0.15, 0.2) is 0 Å². The molecule has 2 aromatic heterocycles. The summed E-state index contributed by atoms with van der Waals surface area (Å²) in [7, 11) is 1.88. The fourth-order valence-electron chi connectivity index (χ4n) is 2.40. The summed E-state index contributed by atoms with van der Waals surface area (Å²) in [6, 6.07) is 12.0. The van der Waals surface area contributed by atoms with E-state index in [1.54, 1.807) is 17.1 Å². The Kier molecular flexibility index (Phi) is 4.52. The molecule has 0 aliphatic heterocycles. The molecule has 23 heavy (non-hydrogen) atoms. The number of nitrogens with one attached hydrogen (secondary N) is 1. The normalized spacial score (nSPS) is 10.7. The van der Waals surface area contributed by atoms with Gasteiger partial charge in [-0.25, -0.2) is 0 Å². The van der Waals surface area contributed by atoms with Crippen molar-refractivity contribution in [2.24, 2.45) is 7.05 Å². The quantitative estimate of drug-likeness (QED) is 0.759. The molecule has 0 aliphatic carbocycles. The van der Waals surface area contributed by atoms with Crippen LogP contribution >= 0.6 is 0 Å². The van der Waals surface area contributed by atoms with Crippen LogP contribution in [0.4, 0.5) is 5.69 Å². The number of anilines is 1. The molecule has 0 unspecified atom stereocenters. The Morgan fingerprint density at radius 3 is 2.74 bits per heavy atom. The minimum atomic E-state index is -0.0227. The summed E-state index contributed by atoms with van der Waals surface area (Å²) >= 11 is 0. The minimum absolute atomic E-state index is 0.0227. The Labute approximate surface area is 134 Å². The molecule has 0 fully saturated rings. The Morgan fingerprint density at radius 1 is 1.17 bits per heavy atom. The van der Waals surface area contributed by atoms with E-state index in [0.29, 0.717) is 19.4 Å². The van der Waals surface area contributed by atoms with E-state index in [1.807, 2.05) is 54.3 Å². The number of aromatic nitrogens is 4. The summed E-state index contributed by atoms with van der Waals surface area (Å²) in [5, 5.41) is 11.2. The smallest absolute Gasteiger partial charge is 0.224 e. The van der Waals surface area contributed by atoms with Crippen molar-refractivity contribution >= 4 is 11.6 Å². The Hall–Kier alpha value is -2.89. The summed E-state index contributed by atoms with van der Waals surface area (Å²) in [6.45, 7) is 0.686. The van der Waals surface area contributed by atoms with Crippen LogP contribution < -0.4 is 5.32 Å². The van der Waals surface area contributed by atoms with E-state index >= 15 is 0 Å². The predicted molar refractivity (Wildman–Crippen MR) is 87.9 cm³/mol. The first kappa shape index (κ1) is 15.0. The molecule has 0 atom stereocenters. The number of hydrogen-bond acceptors (Lipinski definition) is 3. The van der Waals surface area contributed by atoms with E-state index < -0.39 is 0 Å². The molecule has 1 amide bonds. The number of rotatable bonds is 6. The number of benzene rings is 1. The third kappa shape index (κ3) is 4.06. The monoisotopic (exact) mass is 309 g/mol. The lowest BCUT2D eigenvalue weighted by atomic mass is 10.2. The highest BCUT2D eigenvalue weighted by atomic mass is 16.1. The summed E-state index contributed by atoms with van der Waals surface area (Å²) in [5.74, 6) is -0.0227. The van der Waals surface area contributed by atoms with Crippen molar-refractivity contribution in [2.45, 2.75) is 19.4 Å². The van der Waals surface area contributed by atoms with Crippen molar-refractivity contribution in [1.82, 2.24) is 19.6 Å². The van der Waals surface area contributed by atoms with Crippen LogP contribution in [-0.4, -0.2) is 25.5 Å². The molecule has 6 heteroatoms. The molecule has 118 valence electrons. The fraction of sp³-hybridized carbons (Fsp3) is 0.235. The highest BCUT2D eigenvalue weighted by molar-refractivity contribution is 5.90. The van der Waals surface area contributed by atoms with Crippen molar-refractivity contribution in [3.8, 4) is 0 Å². The molecular formula is C17H19N5O. The molecule has 1 aromatic carbocycles. The van der Waals surface area contributed by atoms with Crippen LogP contribution in [-0.2, 0) is 24.8 Å². The number of amides is 1. The molecule has 0 bridgehead atoms. The van der Waals surface area contributed by atoms with Gasteiger partial charge in [0.2, 0.25) is 5.91 Å². The van der Waals surface area contributed by atoms with Gasteiger partial charge in [-0.2, -0.15) is 10.2 Å². The summed E-state index contributed by atoms with van der Waals surface area (Å²) < 4.78 is 3.59. The summed E-state index contributed by atoms with van der Waals surface area (Å²) in [4.78, 5) is 12.0. The van der Waals surface area contributed by atoms with E-state index in [0.717, 1.165) is 11.4 Å². The highest BCUT2D eigenvalue weighted by Gasteiger charge is 2.07. The second-order valence-electron chi connectivity index (χ2n) is 5.41. The first-order valence-corrected chi connectivity index (χ1v) is 7.54. The first-order valence-electron chi connectivity index (χ1n) is 7.54. The second kappa shape index (κ2) is 6.91. The van der Waals surface area contributed by atoms with E-state index in [2.05, 4.69) is 15.5 Å². The van der Waals surface area contributed by atoms with Gasteiger partial charge in [-0.1, -0.05) is 30.3 Å². The molecule has 6 nitrogen and oxygen atoms in total. The van der Waals surface area contributed by atoms with Crippen molar-refractivity contribution in [3.05, 3.63) is 66.2 Å². The van der Waals surface area contributed by atoms with Gasteiger partial charge in [-0.3, -0.25) is 14.2 Å². The minimum Gasteiger partial charge on any atom is -0.323 e. The first-order chi connectivity index (χ1) is 11.2. The van der Waals surface area contributed by atoms with Gasteiger partial charge in [0.1, 0.15) is 0 Å². The average Bonchev–Trinajstić information content (AvgIpc) is 3.15. The Morgan fingerprint density at radius 2 is 2.00 bits per heavy atom. The maximum atomic E-state index is 12.0. The van der Waals surface area contributed by atoms with Crippen LogP contribution in [0.5, 0.6) is 0 Å². The second-order valence-corrected chi connectivity index (χ2v) is 5.41. The topological polar surface area (TPSA) is 64.7 Å². The van der Waals surface area contributed by atoms with Gasteiger partial charge in [0, 0.05) is 31.6 Å². The number of nitrogens with zero attached hydrogens (tertiary/aromatic N) is 4. The van der Waals surface area contributed by atoms with E-state index in [-0.39, 0.29) is 5.91 Å². The maximum Gasteiger partial charge on any atom is 0.224 e. The lowest BCUT2D eigenvalue weighted by molar-refractivity contribution is -0.116. The summed E-state index contributed by atoms with van der Waals surface area (Å²) in [5.41, 5.74) is 2.93. The number of carbonyl (C=O) groups excluding carboxylic acids is 1. The van der Waals surface area contributed by atoms with Crippen molar-refractivity contribution < 1.29 is 4.79 Å². The van der Waals surface area contributed by atoms with E-state index in [9.17, 15) is 4.79 Å². The Balaban J connectivity index is 1.52. The van der Waals surface area contributed by atoms with Crippen LogP contribution in [0, 0.1) is 0 Å². The van der Waals surface area contributed by atoms with Crippen LogP contribution in [0.25, 0.3) is 0 Å². The number of hydrogen-bond donors (Lipinski definition) is 1. The van der Waals surface area contributed by atoms with Gasteiger partial charge in [-0.05, 0) is 18.1 Å². The SMILES string of the molecule is Cn1nccc1CCC(=O)Nc1cnn(Cc2ccccc2)c1. The molecule has 3 aromatic rings. The van der Waals surface area contributed by atoms with Gasteiger partial charge in [0.05, 0.1) is 18.4 Å². The van der Waals surface area contributed by atoms with Crippen molar-refractivity contribution in [3.63, 3.8) is 0 Å². The molecule has 0 spiro atoms. The third-order valence-electron chi connectivity index (χ3n) is 3.64. The van der Waals surface area contributed by atoms with Crippen LogP contribution in [0.2, 0.25) is 0 Å². The largest absolute Gasteiger partial charge is 0.323 e. The lowest BCUT2D eigenvalue weighted by Gasteiger charge is -2.03. The predicted octanol–water partition coefficient (Wildman–Crippen LogP) is 2.24. The zero-order valence-electron chi connectivity index (χ0n) is 13.0. The van der Waals surface area contributed by atoms with Gasteiger partial charge < -0.3 is 5.32 Å². The maximum absolute atomic E-state index is 12.0. The zero-order chi connectivity index (χ0) is 16.1. The Bertz CT molecular complexity index is 775. The third-order valence-corrected chi connectivity index (χ3v) is 3.64. The van der Waals surface area contributed by atoms with Crippen LogP contribution in [0.1, 0.15) is 17.7 Å². The lowest BCUT2D eigenvalue weighted by Crippen LogP contribution is -2.13. The van der Waals surface area contributed by atoms with Gasteiger partial charge in [-0.15, -0.1) is 0 Å². The van der Waals surface area contributed by atoms with Crippen LogP contribution in [0.15, 0.2) is 55.0 Å². The molecule has 1 N–H and O–H groups in total. The van der Waals surface area contributed by atoms with Gasteiger partial charge in [0.25, 0.3) is 0 Å². The number of aryl methyl sites for hydroxylation is 2. The highest BCUT2D eigenvalue weighted by Crippen LogP contribution is 2.09. The van der Waals surface area contributed by atoms with E-state index in [4.69, 9.17) is 0 Å². The van der Waals surface area contributed by atoms with E-state index in [1.165, 1.54) is 5.56 Å². The standard InChI is InChI=1S/C17H19N5O/c1-21-16(9-10-18-21)7-8-17(23)20-15-11-19-22(13-15)12-14-5-3-2-4-6-14/h2-6,9-11,13H,7-8,12H2,1H3,(H,20,23). The number of carbonyl (C=O) groups is 1.